The van der Waals surface area contributed by atoms with Crippen LogP contribution in [-0.2, 0) is 0 Å². The van der Waals surface area contributed by atoms with Gasteiger partial charge >= 0.3 is 0 Å². The van der Waals surface area contributed by atoms with Gasteiger partial charge in [0.1, 0.15) is 11.9 Å². The number of methoxy groups -OCH3 is 2. The zero-order valence-electron chi connectivity index (χ0n) is 14.6. The summed E-state index contributed by atoms with van der Waals surface area (Å²) in [6, 6.07) is 13.2. The van der Waals surface area contributed by atoms with Gasteiger partial charge in [0.05, 0.1) is 25.6 Å². The number of hydrogen-bond donors (Lipinski definition) is 1. The number of thiazole rings is 1. The van der Waals surface area contributed by atoms with Crippen molar-refractivity contribution in [2.24, 2.45) is 5.10 Å². The number of hydrogen-bond acceptors (Lipinski definition) is 7. The van der Waals surface area contributed by atoms with Gasteiger partial charge in [0.2, 0.25) is 0 Å². The molecule has 1 heterocycles. The van der Waals surface area contributed by atoms with Crippen LogP contribution in [-0.4, -0.2) is 24.9 Å². The fourth-order valence-electron chi connectivity index (χ4n) is 2.28. The molecule has 0 amide bonds. The predicted molar refractivity (Wildman–Crippen MR) is 103 cm³/mol. The Hall–Kier alpha value is -3.44. The number of aromatic nitrogens is 1. The maximum absolute atomic E-state index is 12.9. The maximum Gasteiger partial charge on any atom is 0.196 e. The topological polar surface area (TPSA) is 79.5 Å². The van der Waals surface area contributed by atoms with Gasteiger partial charge in [-0.15, -0.1) is 11.3 Å². The summed E-state index contributed by atoms with van der Waals surface area (Å²) in [5.74, 6) is 0.876. The van der Waals surface area contributed by atoms with E-state index >= 15 is 0 Å². The molecule has 27 heavy (non-hydrogen) atoms. The highest BCUT2D eigenvalue weighted by Gasteiger charge is 2.12. The lowest BCUT2D eigenvalue weighted by Gasteiger charge is -2.08. The van der Waals surface area contributed by atoms with Crippen LogP contribution in [0.5, 0.6) is 11.5 Å². The summed E-state index contributed by atoms with van der Waals surface area (Å²) in [6.07, 6.45) is 0. The minimum Gasteiger partial charge on any atom is -0.493 e. The molecule has 0 saturated heterocycles. The van der Waals surface area contributed by atoms with Gasteiger partial charge in [0.15, 0.2) is 22.2 Å². The lowest BCUT2D eigenvalue weighted by atomic mass is 10.1. The Bertz CT molecular complexity index is 1010. The Morgan fingerprint density at radius 3 is 2.56 bits per heavy atom. The molecule has 0 aliphatic heterocycles. The van der Waals surface area contributed by atoms with Gasteiger partial charge in [-0.2, -0.15) is 10.4 Å². The van der Waals surface area contributed by atoms with E-state index in [4.69, 9.17) is 9.47 Å². The van der Waals surface area contributed by atoms with Crippen LogP contribution in [0.3, 0.4) is 0 Å². The minimum atomic E-state index is -0.343. The molecule has 0 spiro atoms. The van der Waals surface area contributed by atoms with Crippen molar-refractivity contribution in [3.63, 3.8) is 0 Å². The van der Waals surface area contributed by atoms with E-state index in [2.05, 4.69) is 15.5 Å². The summed E-state index contributed by atoms with van der Waals surface area (Å²) in [5.41, 5.74) is 4.97. The molecular weight excluding hydrogens is 367 g/mol. The lowest BCUT2D eigenvalue weighted by molar-refractivity contribution is 0.355. The average Bonchev–Trinajstić information content (AvgIpc) is 3.19. The second kappa shape index (κ2) is 8.29. The van der Waals surface area contributed by atoms with Crippen molar-refractivity contribution in [1.82, 2.24) is 4.98 Å². The van der Waals surface area contributed by atoms with Gasteiger partial charge in [0, 0.05) is 10.9 Å². The first-order chi connectivity index (χ1) is 13.1. The molecule has 136 valence electrons. The molecular formula is C19H15FN4O2S. The first kappa shape index (κ1) is 18.4. The molecule has 0 fully saturated rings. The van der Waals surface area contributed by atoms with E-state index < -0.39 is 0 Å². The van der Waals surface area contributed by atoms with Crippen molar-refractivity contribution < 1.29 is 13.9 Å². The molecule has 3 aromatic rings. The van der Waals surface area contributed by atoms with Crippen molar-refractivity contribution in [3.05, 3.63) is 58.7 Å². The molecule has 1 N–H and O–H groups in total. The fourth-order valence-corrected chi connectivity index (χ4v) is 3.04. The van der Waals surface area contributed by atoms with Gasteiger partial charge in [0.25, 0.3) is 0 Å². The van der Waals surface area contributed by atoms with Crippen molar-refractivity contribution in [3.8, 4) is 28.8 Å². The molecule has 8 heteroatoms. The Balaban J connectivity index is 1.84. The molecule has 1 aromatic heterocycles. The Morgan fingerprint density at radius 2 is 1.89 bits per heavy atom. The van der Waals surface area contributed by atoms with Crippen molar-refractivity contribution >= 4 is 22.7 Å². The molecule has 0 aliphatic rings. The van der Waals surface area contributed by atoms with E-state index in [-0.39, 0.29) is 11.5 Å². The zero-order chi connectivity index (χ0) is 19.2. The lowest BCUT2D eigenvalue weighted by Crippen LogP contribution is -2.01. The van der Waals surface area contributed by atoms with Gasteiger partial charge in [-0.3, -0.25) is 5.43 Å². The molecule has 0 unspecified atom stereocenters. The number of benzene rings is 2. The number of nitriles is 1. The minimum absolute atomic E-state index is 0.135. The van der Waals surface area contributed by atoms with Crippen LogP contribution in [0, 0.1) is 17.1 Å². The summed E-state index contributed by atoms with van der Waals surface area (Å²) >= 11 is 1.30. The van der Waals surface area contributed by atoms with E-state index in [9.17, 15) is 9.65 Å². The Kier molecular flexibility index (Phi) is 5.64. The van der Waals surface area contributed by atoms with Crippen molar-refractivity contribution in [2.75, 3.05) is 19.6 Å². The number of nitrogens with one attached hydrogen (secondary N) is 1. The van der Waals surface area contributed by atoms with Crippen LogP contribution in [0.1, 0.15) is 5.01 Å². The number of hydrazone groups is 1. The molecule has 0 bridgehead atoms. The fraction of sp³-hybridized carbons (Fsp3) is 0.105. The van der Waals surface area contributed by atoms with Gasteiger partial charge in [-0.05, 0) is 42.5 Å². The van der Waals surface area contributed by atoms with Gasteiger partial charge in [-0.1, -0.05) is 0 Å². The number of halogens is 1. The van der Waals surface area contributed by atoms with E-state index in [1.54, 1.807) is 20.3 Å². The summed E-state index contributed by atoms with van der Waals surface area (Å²) < 4.78 is 23.5. The van der Waals surface area contributed by atoms with Gasteiger partial charge < -0.3 is 9.47 Å². The summed E-state index contributed by atoms with van der Waals surface area (Å²) in [6.45, 7) is 0. The number of rotatable bonds is 6. The molecule has 0 saturated carbocycles. The summed E-state index contributed by atoms with van der Waals surface area (Å²) in [4.78, 5) is 4.48. The molecule has 6 nitrogen and oxygen atoms in total. The third-order valence-corrected chi connectivity index (χ3v) is 4.48. The van der Waals surface area contributed by atoms with Crippen molar-refractivity contribution in [2.45, 2.75) is 0 Å². The van der Waals surface area contributed by atoms with Crippen molar-refractivity contribution in [1.29, 1.82) is 5.26 Å². The van der Waals surface area contributed by atoms with E-state index in [0.717, 1.165) is 5.56 Å². The first-order valence-electron chi connectivity index (χ1n) is 7.82. The maximum atomic E-state index is 12.9. The number of anilines is 1. The second-order valence-electron chi connectivity index (χ2n) is 5.30. The van der Waals surface area contributed by atoms with E-state index in [0.29, 0.717) is 27.9 Å². The SMILES string of the molecule is COc1ccc(-c2csc(/C(C#N)=N\Nc3ccc(F)cc3)n2)cc1OC. The summed E-state index contributed by atoms with van der Waals surface area (Å²) in [5, 5.41) is 15.8. The predicted octanol–water partition coefficient (Wildman–Crippen LogP) is 4.31. The second-order valence-corrected chi connectivity index (χ2v) is 6.16. The van der Waals surface area contributed by atoms with E-state index in [1.807, 2.05) is 23.6 Å². The van der Waals surface area contributed by atoms with E-state index in [1.165, 1.54) is 35.6 Å². The third-order valence-electron chi connectivity index (χ3n) is 3.63. The molecule has 0 aliphatic carbocycles. The van der Waals surface area contributed by atoms with Gasteiger partial charge in [-0.25, -0.2) is 9.37 Å². The quantitative estimate of drug-likeness (QED) is 0.508. The number of nitrogens with zero attached hydrogens (tertiary/aromatic N) is 3. The average molecular weight is 382 g/mol. The molecule has 0 radical (unpaired) electrons. The largest absolute Gasteiger partial charge is 0.493 e. The molecule has 3 rings (SSSR count). The number of ether oxygens (including phenoxy) is 2. The molecule has 2 aromatic carbocycles. The highest BCUT2D eigenvalue weighted by atomic mass is 32.1. The standard InChI is InChI=1S/C19H15FN4O2S/c1-25-17-8-3-12(9-18(17)26-2)16-11-27-19(22-16)15(10-21)24-23-14-6-4-13(20)5-7-14/h3-9,11,23H,1-2H3/b24-15-. The van der Waals surface area contributed by atoms with Crippen LogP contribution in [0.25, 0.3) is 11.3 Å². The highest BCUT2D eigenvalue weighted by Crippen LogP contribution is 2.32. The monoisotopic (exact) mass is 382 g/mol. The van der Waals surface area contributed by atoms with Crippen LogP contribution < -0.4 is 14.9 Å². The molecule has 0 atom stereocenters. The highest BCUT2D eigenvalue weighted by molar-refractivity contribution is 7.12. The van der Waals surface area contributed by atoms with Crippen LogP contribution in [0.4, 0.5) is 10.1 Å². The Morgan fingerprint density at radius 1 is 1.15 bits per heavy atom. The third kappa shape index (κ3) is 4.22. The normalized spacial score (nSPS) is 11.0. The van der Waals surface area contributed by atoms with Crippen LogP contribution in [0.15, 0.2) is 52.9 Å². The Labute approximate surface area is 159 Å². The van der Waals surface area contributed by atoms with Crippen LogP contribution >= 0.6 is 11.3 Å². The zero-order valence-corrected chi connectivity index (χ0v) is 15.4. The smallest absolute Gasteiger partial charge is 0.196 e. The first-order valence-corrected chi connectivity index (χ1v) is 8.70. The summed E-state index contributed by atoms with van der Waals surface area (Å²) in [7, 11) is 3.14. The van der Waals surface area contributed by atoms with Crippen LogP contribution in [0.2, 0.25) is 0 Å².